The molecule has 0 saturated heterocycles. The molecule has 24 heavy (non-hydrogen) atoms. The van der Waals surface area contributed by atoms with Crippen molar-refractivity contribution < 1.29 is 8.96 Å². The summed E-state index contributed by atoms with van der Waals surface area (Å²) in [5.74, 6) is -0.242. The number of hydrogen-bond acceptors (Lipinski definition) is 1. The number of anilines is 1. The highest BCUT2D eigenvalue weighted by Crippen LogP contribution is 2.23. The lowest BCUT2D eigenvalue weighted by molar-refractivity contribution is -0.646. The van der Waals surface area contributed by atoms with E-state index in [0.717, 1.165) is 38.8 Å². The van der Waals surface area contributed by atoms with E-state index >= 15 is 0 Å². The number of aromatic nitrogens is 2. The number of fused-ring (bicyclic) bond motifs is 2. The molecule has 4 rings (SSSR count). The smallest absolute Gasteiger partial charge is 0.214 e. The Morgan fingerprint density at radius 1 is 1.04 bits per heavy atom. The largest absolute Gasteiger partial charge is 0.398 e. The Balaban J connectivity index is 1.81. The molecule has 0 saturated carbocycles. The molecule has 2 aromatic heterocycles. The third-order valence-corrected chi connectivity index (χ3v) is 4.38. The standard InChI is InChI=1S/C20H16FN3/c1-24-15(11-18(22)17-4-2-3-5-20(17)24)8-6-13-12-23-19-10-14(21)7-9-16(13)19/h2-12H,1H3,(H2,22,23)/p+1. The zero-order chi connectivity index (χ0) is 16.7. The van der Waals surface area contributed by atoms with Crippen LogP contribution in [-0.2, 0) is 7.05 Å². The zero-order valence-electron chi connectivity index (χ0n) is 13.3. The van der Waals surface area contributed by atoms with Crippen LogP contribution in [0.25, 0.3) is 34.0 Å². The summed E-state index contributed by atoms with van der Waals surface area (Å²) < 4.78 is 15.4. The fraction of sp³-hybridized carbons (Fsp3) is 0.0500. The van der Waals surface area contributed by atoms with Crippen LogP contribution in [0.4, 0.5) is 10.1 Å². The molecule has 3 nitrogen and oxygen atoms in total. The lowest BCUT2D eigenvalue weighted by Gasteiger charge is -2.03. The number of pyridine rings is 1. The number of para-hydroxylation sites is 1. The number of nitrogens with zero attached hydrogens (tertiary/aromatic N) is 1. The summed E-state index contributed by atoms with van der Waals surface area (Å²) in [4.78, 5) is 3.10. The van der Waals surface area contributed by atoms with E-state index in [-0.39, 0.29) is 5.82 Å². The summed E-state index contributed by atoms with van der Waals surface area (Å²) in [6.45, 7) is 0. The molecule has 4 aromatic rings. The van der Waals surface area contributed by atoms with Crippen LogP contribution in [0.1, 0.15) is 11.3 Å². The van der Waals surface area contributed by atoms with Gasteiger partial charge in [0.15, 0.2) is 0 Å². The Bertz CT molecular complexity index is 1090. The first-order valence-electron chi connectivity index (χ1n) is 7.75. The monoisotopic (exact) mass is 318 g/mol. The maximum Gasteiger partial charge on any atom is 0.214 e. The lowest BCUT2D eigenvalue weighted by Crippen LogP contribution is -2.33. The predicted octanol–water partition coefficient (Wildman–Crippen LogP) is 4.04. The van der Waals surface area contributed by atoms with Gasteiger partial charge in [0, 0.05) is 35.3 Å². The van der Waals surface area contributed by atoms with Gasteiger partial charge in [0.25, 0.3) is 0 Å². The maximum atomic E-state index is 13.3. The van der Waals surface area contributed by atoms with E-state index in [1.54, 1.807) is 6.07 Å². The quantitative estimate of drug-likeness (QED) is 0.538. The summed E-state index contributed by atoms with van der Waals surface area (Å²) >= 11 is 0. The molecule has 0 unspecified atom stereocenters. The number of nitrogen functional groups attached to an aromatic ring is 1. The van der Waals surface area contributed by atoms with Crippen molar-refractivity contribution in [3.63, 3.8) is 0 Å². The summed E-state index contributed by atoms with van der Waals surface area (Å²) in [6, 6.07) is 14.8. The minimum Gasteiger partial charge on any atom is -0.398 e. The summed E-state index contributed by atoms with van der Waals surface area (Å²) in [6.07, 6.45) is 5.92. The van der Waals surface area contributed by atoms with E-state index in [0.29, 0.717) is 0 Å². The number of benzene rings is 2. The van der Waals surface area contributed by atoms with Crippen molar-refractivity contribution in [3.8, 4) is 0 Å². The molecule has 0 atom stereocenters. The van der Waals surface area contributed by atoms with E-state index in [1.165, 1.54) is 12.1 Å². The van der Waals surface area contributed by atoms with Gasteiger partial charge >= 0.3 is 0 Å². The van der Waals surface area contributed by atoms with Gasteiger partial charge in [-0.2, -0.15) is 4.57 Å². The van der Waals surface area contributed by atoms with Gasteiger partial charge in [-0.15, -0.1) is 0 Å². The molecule has 0 aliphatic heterocycles. The average molecular weight is 318 g/mol. The van der Waals surface area contributed by atoms with E-state index < -0.39 is 0 Å². The maximum absolute atomic E-state index is 13.3. The van der Waals surface area contributed by atoms with Gasteiger partial charge in [0.05, 0.1) is 11.1 Å². The topological polar surface area (TPSA) is 45.7 Å². The Labute approximate surface area is 138 Å². The number of nitrogens with one attached hydrogen (secondary N) is 1. The number of H-pyrrole nitrogens is 1. The average Bonchev–Trinajstić information content (AvgIpc) is 2.99. The molecule has 118 valence electrons. The van der Waals surface area contributed by atoms with Gasteiger partial charge in [0.2, 0.25) is 11.2 Å². The number of hydrogen-bond donors (Lipinski definition) is 2. The van der Waals surface area contributed by atoms with Crippen molar-refractivity contribution in [2.45, 2.75) is 0 Å². The zero-order valence-corrected chi connectivity index (χ0v) is 13.3. The fourth-order valence-corrected chi connectivity index (χ4v) is 3.08. The van der Waals surface area contributed by atoms with Crippen LogP contribution in [0.15, 0.2) is 54.7 Å². The van der Waals surface area contributed by atoms with Crippen LogP contribution in [0.5, 0.6) is 0 Å². The molecule has 2 heterocycles. The van der Waals surface area contributed by atoms with Gasteiger partial charge in [-0.1, -0.05) is 12.1 Å². The molecule has 0 spiro atoms. The third-order valence-electron chi connectivity index (χ3n) is 4.38. The van der Waals surface area contributed by atoms with E-state index in [2.05, 4.69) is 15.6 Å². The van der Waals surface area contributed by atoms with E-state index in [9.17, 15) is 4.39 Å². The first kappa shape index (κ1) is 14.5. The molecule has 2 aromatic carbocycles. The predicted molar refractivity (Wildman–Crippen MR) is 96.7 cm³/mol. The number of aromatic amines is 1. The van der Waals surface area contributed by atoms with Crippen molar-refractivity contribution in [2.24, 2.45) is 7.05 Å². The third kappa shape index (κ3) is 2.33. The highest BCUT2D eigenvalue weighted by Gasteiger charge is 2.12. The van der Waals surface area contributed by atoms with Crippen LogP contribution in [-0.4, -0.2) is 4.98 Å². The second kappa shape index (κ2) is 5.49. The molecule has 0 aliphatic rings. The second-order valence-electron chi connectivity index (χ2n) is 5.87. The summed E-state index contributed by atoms with van der Waals surface area (Å²) in [5.41, 5.74) is 10.8. The molecule has 0 bridgehead atoms. The Hall–Kier alpha value is -3.14. The fourth-order valence-electron chi connectivity index (χ4n) is 3.08. The minimum atomic E-state index is -0.242. The van der Waals surface area contributed by atoms with Gasteiger partial charge < -0.3 is 10.7 Å². The lowest BCUT2D eigenvalue weighted by atomic mass is 10.1. The number of nitrogens with two attached hydrogens (primary N) is 1. The first-order chi connectivity index (χ1) is 11.6. The van der Waals surface area contributed by atoms with Crippen molar-refractivity contribution in [3.05, 3.63) is 71.8 Å². The Kier molecular flexibility index (Phi) is 3.31. The summed E-state index contributed by atoms with van der Waals surface area (Å²) in [7, 11) is 2.02. The molecule has 3 N–H and O–H groups in total. The van der Waals surface area contributed by atoms with Gasteiger partial charge in [-0.3, -0.25) is 0 Å². The molecule has 0 fully saturated rings. The molecular formula is C20H17FN3+. The number of halogens is 1. The minimum absolute atomic E-state index is 0.242. The van der Waals surface area contributed by atoms with Crippen LogP contribution in [0.2, 0.25) is 0 Å². The summed E-state index contributed by atoms with van der Waals surface area (Å²) in [5, 5.41) is 2.03. The molecule has 0 amide bonds. The van der Waals surface area contributed by atoms with E-state index in [1.807, 2.05) is 49.7 Å². The first-order valence-corrected chi connectivity index (χ1v) is 7.75. The molecular weight excluding hydrogens is 301 g/mol. The number of rotatable bonds is 2. The molecule has 0 radical (unpaired) electrons. The van der Waals surface area contributed by atoms with Crippen molar-refractivity contribution in [1.29, 1.82) is 0 Å². The van der Waals surface area contributed by atoms with Gasteiger partial charge in [0.1, 0.15) is 12.9 Å². The van der Waals surface area contributed by atoms with Crippen LogP contribution < -0.4 is 10.3 Å². The van der Waals surface area contributed by atoms with Gasteiger partial charge in [-0.25, -0.2) is 4.39 Å². The van der Waals surface area contributed by atoms with E-state index in [4.69, 9.17) is 5.73 Å². The van der Waals surface area contributed by atoms with Crippen LogP contribution >= 0.6 is 0 Å². The van der Waals surface area contributed by atoms with Crippen LogP contribution in [0.3, 0.4) is 0 Å². The molecule has 0 aliphatic carbocycles. The van der Waals surface area contributed by atoms with Crippen molar-refractivity contribution in [2.75, 3.05) is 5.73 Å². The second-order valence-corrected chi connectivity index (χ2v) is 5.87. The van der Waals surface area contributed by atoms with Crippen LogP contribution in [0, 0.1) is 5.82 Å². The highest BCUT2D eigenvalue weighted by molar-refractivity contribution is 5.92. The Morgan fingerprint density at radius 3 is 2.75 bits per heavy atom. The SMILES string of the molecule is C[n+]1c(/C=C/c2c[nH]c3cc(F)ccc23)cc(N)c2ccccc21. The van der Waals surface area contributed by atoms with Gasteiger partial charge in [-0.05, 0) is 35.9 Å². The number of aryl methyl sites for hydroxylation is 1. The van der Waals surface area contributed by atoms with Crippen molar-refractivity contribution >= 4 is 39.6 Å². The normalized spacial score (nSPS) is 11.8. The highest BCUT2D eigenvalue weighted by atomic mass is 19.1. The molecule has 4 heteroatoms. The van der Waals surface area contributed by atoms with Crippen molar-refractivity contribution in [1.82, 2.24) is 4.98 Å². The Morgan fingerprint density at radius 2 is 1.88 bits per heavy atom.